The summed E-state index contributed by atoms with van der Waals surface area (Å²) in [6.07, 6.45) is 0. The van der Waals surface area contributed by atoms with Gasteiger partial charge in [-0.25, -0.2) is 9.97 Å². The van der Waals surface area contributed by atoms with Gasteiger partial charge in [0.2, 0.25) is 0 Å². The molecule has 354 valence electrons. The second-order valence-electron chi connectivity index (χ2n) is 19.2. The first-order valence-corrected chi connectivity index (χ1v) is 28.7. The Kier molecular flexibility index (Phi) is 9.84. The normalized spacial score (nSPS) is 11.9. The van der Waals surface area contributed by atoms with Gasteiger partial charge in [0.05, 0.1) is 11.4 Å². The zero-order valence-corrected chi connectivity index (χ0v) is 43.9. The summed E-state index contributed by atoms with van der Waals surface area (Å²) in [5.74, 6) is 1.90. The van der Waals surface area contributed by atoms with Crippen LogP contribution >= 0.6 is 0 Å². The van der Waals surface area contributed by atoms with E-state index in [0.29, 0.717) is 17.5 Å². The Balaban J connectivity index is 0.961. The van der Waals surface area contributed by atoms with E-state index in [1.807, 2.05) is 42.5 Å². The molecular weight excluding hydrogens is 1060 g/mol. The monoisotopic (exact) mass is 1100 g/mol. The summed E-state index contributed by atoms with van der Waals surface area (Å²) in [5, 5.41) is 9.69. The molecule has 0 aliphatic heterocycles. The van der Waals surface area contributed by atoms with Crippen LogP contribution in [-0.4, -0.2) is 63.1 Å². The Morgan fingerprint density at radius 2 is 0.737 bits per heavy atom. The van der Waals surface area contributed by atoms with E-state index in [1.165, 1.54) is 38.6 Å². The minimum atomic E-state index is 0.188. The molecule has 0 aliphatic rings. The van der Waals surface area contributed by atoms with Gasteiger partial charge in [0.15, 0.2) is 5.82 Å². The van der Waals surface area contributed by atoms with Gasteiger partial charge in [-0.3, -0.25) is 0 Å². The molecule has 0 saturated carbocycles. The van der Waals surface area contributed by atoms with E-state index in [9.17, 15) is 0 Å². The fourth-order valence-electron chi connectivity index (χ4n) is 11.3. The number of pyridine rings is 1. The molecule has 16 rings (SSSR count). The Bertz CT molecular complexity index is 4950. The van der Waals surface area contributed by atoms with Crippen LogP contribution in [-0.2, 0) is 0 Å². The summed E-state index contributed by atoms with van der Waals surface area (Å²) in [7, 11) is 0. The van der Waals surface area contributed by atoms with E-state index in [2.05, 4.69) is 203 Å². The van der Waals surface area contributed by atoms with Crippen molar-refractivity contribution in [3.63, 3.8) is 0 Å². The molecule has 0 fully saturated rings. The van der Waals surface area contributed by atoms with Crippen molar-refractivity contribution in [3.05, 3.63) is 237 Å². The summed E-state index contributed by atoms with van der Waals surface area (Å²) in [6.45, 7) is 0. The molecule has 7 nitrogen and oxygen atoms in total. The van der Waals surface area contributed by atoms with Gasteiger partial charge in [-0.2, -0.15) is 0 Å². The van der Waals surface area contributed by atoms with Crippen molar-refractivity contribution in [3.8, 4) is 68.3 Å². The molecule has 0 N–H and O–H groups in total. The van der Waals surface area contributed by atoms with Crippen molar-refractivity contribution >= 4 is 111 Å². The van der Waals surface area contributed by atoms with Crippen LogP contribution in [0, 0.1) is 0 Å². The van der Waals surface area contributed by atoms with Crippen molar-refractivity contribution in [2.45, 2.75) is 0 Å². The van der Waals surface area contributed by atoms with Gasteiger partial charge in [-0.1, -0.05) is 78.9 Å². The van der Waals surface area contributed by atoms with Crippen molar-refractivity contribution < 1.29 is 0 Å². The van der Waals surface area contributed by atoms with Gasteiger partial charge in [0, 0.05) is 11.1 Å². The predicted octanol–water partition coefficient (Wildman–Crippen LogP) is 15.9. The molecule has 0 bridgehead atoms. The van der Waals surface area contributed by atoms with E-state index in [0.717, 1.165) is 94.5 Å². The standard InChI is InChI=1S/C67H39N7Se2/c1-3-16-40(17-4-1)53-38-54(41-18-5-2-6-19-41)70-66(69-53)52-24-15-29-63(68-52)73-57-25-11-7-20-44(57)49-33-34-50-45-21-8-12-26-58(45)74(65(50)64(49)73)67-71-55(42-31-35-61-51(36-42)47-23-10-14-28-60(47)75-61)39-56(72-67)43-30-32-48-46-22-9-13-27-59(46)76-62(48)37-43/h1-39H. The van der Waals surface area contributed by atoms with E-state index in [-0.39, 0.29) is 29.0 Å². The molecule has 0 radical (unpaired) electrons. The third-order valence-corrected chi connectivity index (χ3v) is 19.6. The molecule has 0 unspecified atom stereocenters. The molecule has 0 spiro atoms. The first-order chi connectivity index (χ1) is 37.6. The molecule has 7 heterocycles. The van der Waals surface area contributed by atoms with Crippen LogP contribution in [0.2, 0.25) is 0 Å². The summed E-state index contributed by atoms with van der Waals surface area (Å²) < 4.78 is 10.2. The number of aromatic nitrogens is 7. The first kappa shape index (κ1) is 43.3. The minimum Gasteiger partial charge on any atom is -0.227 e. The van der Waals surface area contributed by atoms with Crippen LogP contribution in [0.1, 0.15) is 0 Å². The van der Waals surface area contributed by atoms with Gasteiger partial charge < -0.3 is 0 Å². The number of benzene rings is 9. The van der Waals surface area contributed by atoms with Gasteiger partial charge in [-0.05, 0) is 12.1 Å². The van der Waals surface area contributed by atoms with E-state index in [4.69, 9.17) is 24.9 Å². The van der Waals surface area contributed by atoms with Crippen LogP contribution in [0.5, 0.6) is 0 Å². The molecule has 0 saturated heterocycles. The first-order valence-electron chi connectivity index (χ1n) is 25.3. The quantitative estimate of drug-likeness (QED) is 0.149. The van der Waals surface area contributed by atoms with Gasteiger partial charge >= 0.3 is 315 Å². The van der Waals surface area contributed by atoms with Crippen molar-refractivity contribution in [2.75, 3.05) is 0 Å². The topological polar surface area (TPSA) is 74.3 Å². The van der Waals surface area contributed by atoms with Crippen molar-refractivity contribution in [2.24, 2.45) is 0 Å². The number of rotatable bonds is 7. The molecule has 0 atom stereocenters. The number of nitrogens with zero attached hydrogens (tertiary/aromatic N) is 7. The minimum absolute atomic E-state index is 0.188. The van der Waals surface area contributed by atoms with Crippen LogP contribution < -0.4 is 0 Å². The van der Waals surface area contributed by atoms with Crippen LogP contribution in [0.25, 0.3) is 151 Å². The molecule has 76 heavy (non-hydrogen) atoms. The molecule has 0 amide bonds. The fraction of sp³-hybridized carbons (Fsp3) is 0. The molecule has 9 heteroatoms. The van der Waals surface area contributed by atoms with E-state index in [1.54, 1.807) is 0 Å². The molecule has 0 aliphatic carbocycles. The Morgan fingerprint density at radius 1 is 0.263 bits per heavy atom. The van der Waals surface area contributed by atoms with Crippen molar-refractivity contribution in [1.82, 2.24) is 34.1 Å². The number of hydrogen-bond donors (Lipinski definition) is 0. The summed E-state index contributed by atoms with van der Waals surface area (Å²) in [5.41, 5.74) is 12.3. The second-order valence-corrected chi connectivity index (χ2v) is 23.7. The molecule has 16 aromatic rings. The third kappa shape index (κ3) is 6.91. The van der Waals surface area contributed by atoms with Gasteiger partial charge in [0.1, 0.15) is 5.69 Å². The summed E-state index contributed by atoms with van der Waals surface area (Å²) >= 11 is 0.440. The SMILES string of the molecule is c1ccc(-c2cc(-c3ccccc3)nc(-c3cccc(-n4c5ccccc5c5ccc6c7ccccc7n(-c7nc(-c8ccc9c(c8)[se]c8ccccc89)cc(-c8ccc9[se]c%10ccccc%10c9c8)n7)c6c54)n3)n2)cc1. The van der Waals surface area contributed by atoms with Gasteiger partial charge in [-0.15, -0.1) is 0 Å². The fourth-order valence-corrected chi connectivity index (χ4v) is 16.0. The third-order valence-electron chi connectivity index (χ3n) is 14.8. The molecule has 9 aromatic carbocycles. The summed E-state index contributed by atoms with van der Waals surface area (Å²) in [4.78, 5) is 27.2. The zero-order chi connectivity index (χ0) is 49.8. The molecule has 7 aromatic heterocycles. The van der Waals surface area contributed by atoms with E-state index >= 15 is 0 Å². The molecular formula is C67H39N7Se2. The number of hydrogen-bond acceptors (Lipinski definition) is 5. The average Bonchev–Trinajstić information content (AvgIpc) is 4.27. The van der Waals surface area contributed by atoms with Crippen LogP contribution in [0.15, 0.2) is 237 Å². The second kappa shape index (κ2) is 17.3. The number of para-hydroxylation sites is 2. The summed E-state index contributed by atoms with van der Waals surface area (Å²) in [6, 6.07) is 84.4. The van der Waals surface area contributed by atoms with Crippen LogP contribution in [0.4, 0.5) is 0 Å². The Hall–Kier alpha value is -9.07. The maximum absolute atomic E-state index is 5.66. The van der Waals surface area contributed by atoms with Crippen LogP contribution in [0.3, 0.4) is 0 Å². The smallest absolute Gasteiger partial charge is 0.227 e. The maximum atomic E-state index is 5.66. The van der Waals surface area contributed by atoms with Crippen molar-refractivity contribution in [1.29, 1.82) is 0 Å². The average molecular weight is 1100 g/mol. The van der Waals surface area contributed by atoms with E-state index < -0.39 is 0 Å². The number of fused-ring (bicyclic) bond motifs is 13. The Labute approximate surface area is 447 Å². The predicted molar refractivity (Wildman–Crippen MR) is 315 cm³/mol. The Morgan fingerprint density at radius 3 is 1.39 bits per heavy atom. The van der Waals surface area contributed by atoms with Gasteiger partial charge in [0.25, 0.3) is 0 Å². The zero-order valence-electron chi connectivity index (χ0n) is 40.5.